The van der Waals surface area contributed by atoms with Crippen molar-refractivity contribution >= 4 is 22.3 Å². The molecule has 1 aromatic carbocycles. The third kappa shape index (κ3) is 2.50. The first-order valence-electron chi connectivity index (χ1n) is 6.42. The summed E-state index contributed by atoms with van der Waals surface area (Å²) in [6.07, 6.45) is -1.28. The fraction of sp³-hybridized carbons (Fsp3) is 0.357. The lowest BCUT2D eigenvalue weighted by atomic mass is 10.1. The normalized spacial score (nSPS) is 15.6. The van der Waals surface area contributed by atoms with Crippen LogP contribution >= 0.6 is 0 Å². The number of hydrogen-bond acceptors (Lipinski definition) is 3. The lowest BCUT2D eigenvalue weighted by Gasteiger charge is -2.28. The van der Waals surface area contributed by atoms with E-state index in [1.54, 1.807) is 24.3 Å². The fourth-order valence-corrected chi connectivity index (χ4v) is 2.43. The molecule has 20 heavy (non-hydrogen) atoms. The molecule has 0 atom stereocenters. The van der Waals surface area contributed by atoms with Gasteiger partial charge in [-0.1, -0.05) is 18.2 Å². The van der Waals surface area contributed by atoms with Gasteiger partial charge in [0, 0.05) is 11.4 Å². The van der Waals surface area contributed by atoms with E-state index in [0.29, 0.717) is 22.3 Å². The first-order chi connectivity index (χ1) is 9.46. The second-order valence-electron chi connectivity index (χ2n) is 5.05. The maximum Gasteiger partial charge on any atom is 0.405 e. The highest BCUT2D eigenvalue weighted by Crippen LogP contribution is 2.40. The minimum Gasteiger partial charge on any atom is -0.396 e. The molecular formula is C14H14F3N3. The molecule has 6 heteroatoms. The summed E-state index contributed by atoms with van der Waals surface area (Å²) in [7, 11) is 0. The number of anilines is 2. The summed E-state index contributed by atoms with van der Waals surface area (Å²) >= 11 is 0. The zero-order valence-electron chi connectivity index (χ0n) is 10.7. The number of aromatic nitrogens is 1. The Morgan fingerprint density at radius 2 is 1.95 bits per heavy atom. The molecule has 0 spiro atoms. The fourth-order valence-electron chi connectivity index (χ4n) is 2.43. The van der Waals surface area contributed by atoms with Crippen LogP contribution in [0, 0.1) is 0 Å². The smallest absolute Gasteiger partial charge is 0.396 e. The van der Waals surface area contributed by atoms with E-state index >= 15 is 0 Å². The van der Waals surface area contributed by atoms with E-state index in [1.807, 2.05) is 0 Å². The number of nitrogens with zero attached hydrogens (tertiary/aromatic N) is 2. The van der Waals surface area contributed by atoms with Crippen LogP contribution in [0.5, 0.6) is 0 Å². The number of pyridine rings is 1. The largest absolute Gasteiger partial charge is 0.405 e. The van der Waals surface area contributed by atoms with Crippen molar-refractivity contribution in [2.75, 3.05) is 17.2 Å². The van der Waals surface area contributed by atoms with E-state index in [9.17, 15) is 13.2 Å². The first-order valence-corrected chi connectivity index (χ1v) is 6.42. The van der Waals surface area contributed by atoms with Crippen molar-refractivity contribution in [2.45, 2.75) is 25.1 Å². The van der Waals surface area contributed by atoms with Gasteiger partial charge >= 0.3 is 6.18 Å². The van der Waals surface area contributed by atoms with Crippen LogP contribution in [-0.2, 0) is 0 Å². The van der Waals surface area contributed by atoms with Crippen molar-refractivity contribution in [1.29, 1.82) is 0 Å². The molecule has 1 aromatic heterocycles. The summed E-state index contributed by atoms with van der Waals surface area (Å²) in [6.45, 7) is -0.976. The van der Waals surface area contributed by atoms with Crippen LogP contribution in [0.25, 0.3) is 10.9 Å². The minimum absolute atomic E-state index is 0.0790. The first kappa shape index (κ1) is 13.0. The van der Waals surface area contributed by atoms with Crippen molar-refractivity contribution in [3.05, 3.63) is 30.5 Å². The monoisotopic (exact) mass is 281 g/mol. The van der Waals surface area contributed by atoms with Gasteiger partial charge in [-0.3, -0.25) is 4.98 Å². The van der Waals surface area contributed by atoms with Gasteiger partial charge in [0.2, 0.25) is 0 Å². The van der Waals surface area contributed by atoms with Crippen LogP contribution in [0.3, 0.4) is 0 Å². The van der Waals surface area contributed by atoms with E-state index < -0.39 is 12.7 Å². The lowest BCUT2D eigenvalue weighted by Crippen LogP contribution is -2.36. The maximum absolute atomic E-state index is 12.8. The topological polar surface area (TPSA) is 42.1 Å². The number of halogens is 3. The third-order valence-corrected chi connectivity index (χ3v) is 3.40. The molecule has 1 aliphatic rings. The average molecular weight is 281 g/mol. The van der Waals surface area contributed by atoms with E-state index in [0.717, 1.165) is 12.8 Å². The van der Waals surface area contributed by atoms with Crippen molar-refractivity contribution in [2.24, 2.45) is 0 Å². The molecule has 3 nitrogen and oxygen atoms in total. The van der Waals surface area contributed by atoms with Crippen molar-refractivity contribution in [3.63, 3.8) is 0 Å². The second kappa shape index (κ2) is 4.54. The SMILES string of the molecule is Nc1cnc2ccccc2c1N(CC(F)(F)F)C1CC1. The summed E-state index contributed by atoms with van der Waals surface area (Å²) in [6, 6.07) is 7.05. The molecule has 1 saturated carbocycles. The Hall–Kier alpha value is -1.98. The summed E-state index contributed by atoms with van der Waals surface area (Å²) in [5.74, 6) is 0. The van der Waals surface area contributed by atoms with Gasteiger partial charge in [0.25, 0.3) is 0 Å². The van der Waals surface area contributed by atoms with Gasteiger partial charge in [-0.25, -0.2) is 0 Å². The molecule has 2 aromatic rings. The second-order valence-corrected chi connectivity index (χ2v) is 5.05. The van der Waals surface area contributed by atoms with Gasteiger partial charge in [-0.15, -0.1) is 0 Å². The van der Waals surface area contributed by atoms with Gasteiger partial charge in [0.15, 0.2) is 0 Å². The van der Waals surface area contributed by atoms with Gasteiger partial charge in [0.05, 0.1) is 23.1 Å². The van der Waals surface area contributed by atoms with Crippen molar-refractivity contribution in [3.8, 4) is 0 Å². The number of benzene rings is 1. The highest BCUT2D eigenvalue weighted by Gasteiger charge is 2.39. The molecule has 0 saturated heterocycles. The van der Waals surface area contributed by atoms with E-state index in [4.69, 9.17) is 5.73 Å². The predicted molar refractivity (Wildman–Crippen MR) is 72.6 cm³/mol. The van der Waals surface area contributed by atoms with E-state index in [-0.39, 0.29) is 6.04 Å². The quantitative estimate of drug-likeness (QED) is 0.938. The molecule has 3 rings (SSSR count). The number of para-hydroxylation sites is 1. The molecule has 1 aliphatic carbocycles. The van der Waals surface area contributed by atoms with Crippen LogP contribution < -0.4 is 10.6 Å². The Bertz CT molecular complexity index is 635. The van der Waals surface area contributed by atoms with Gasteiger partial charge < -0.3 is 10.6 Å². The summed E-state index contributed by atoms with van der Waals surface area (Å²) < 4.78 is 38.4. The van der Waals surface area contributed by atoms with Gasteiger partial charge in [-0.2, -0.15) is 13.2 Å². The molecule has 0 amide bonds. The minimum atomic E-state index is -4.25. The lowest BCUT2D eigenvalue weighted by molar-refractivity contribution is -0.119. The van der Waals surface area contributed by atoms with Crippen LogP contribution in [0.15, 0.2) is 30.5 Å². The molecule has 1 fully saturated rings. The molecule has 0 radical (unpaired) electrons. The molecule has 1 heterocycles. The number of alkyl halides is 3. The van der Waals surface area contributed by atoms with E-state index in [2.05, 4.69) is 4.98 Å². The molecule has 2 N–H and O–H groups in total. The van der Waals surface area contributed by atoms with Gasteiger partial charge in [0.1, 0.15) is 6.54 Å². The van der Waals surface area contributed by atoms with Crippen LogP contribution in [0.1, 0.15) is 12.8 Å². The summed E-state index contributed by atoms with van der Waals surface area (Å²) in [4.78, 5) is 5.54. The Kier molecular flexibility index (Phi) is 2.96. The number of fused-ring (bicyclic) bond motifs is 1. The standard InChI is InChI=1S/C14H14F3N3/c15-14(16,17)8-20(9-5-6-9)13-10-3-1-2-4-12(10)19-7-11(13)18/h1-4,7,9H,5-6,8,18H2. The summed E-state index contributed by atoms with van der Waals surface area (Å²) in [5.41, 5.74) is 7.30. The third-order valence-electron chi connectivity index (χ3n) is 3.40. The summed E-state index contributed by atoms with van der Waals surface area (Å²) in [5, 5.41) is 0.670. The number of hydrogen-bond donors (Lipinski definition) is 1. The number of nitrogens with two attached hydrogens (primary N) is 1. The Morgan fingerprint density at radius 1 is 1.25 bits per heavy atom. The average Bonchev–Trinajstić information content (AvgIpc) is 3.19. The zero-order chi connectivity index (χ0) is 14.3. The zero-order valence-corrected chi connectivity index (χ0v) is 10.7. The predicted octanol–water partition coefficient (Wildman–Crippen LogP) is 3.35. The molecule has 0 unspecified atom stereocenters. The number of rotatable bonds is 3. The molecule has 106 valence electrons. The van der Waals surface area contributed by atoms with Crippen molar-refractivity contribution in [1.82, 2.24) is 4.98 Å². The molecule has 0 bridgehead atoms. The Balaban J connectivity index is 2.12. The highest BCUT2D eigenvalue weighted by atomic mass is 19.4. The molecular weight excluding hydrogens is 267 g/mol. The molecule has 0 aliphatic heterocycles. The number of nitrogen functional groups attached to an aromatic ring is 1. The van der Waals surface area contributed by atoms with Crippen LogP contribution in [-0.4, -0.2) is 23.7 Å². The van der Waals surface area contributed by atoms with E-state index in [1.165, 1.54) is 11.1 Å². The highest BCUT2D eigenvalue weighted by molar-refractivity contribution is 5.97. The Morgan fingerprint density at radius 3 is 2.60 bits per heavy atom. The van der Waals surface area contributed by atoms with Crippen LogP contribution in [0.4, 0.5) is 24.5 Å². The Labute approximate surface area is 114 Å². The van der Waals surface area contributed by atoms with Gasteiger partial charge in [-0.05, 0) is 18.9 Å². The van der Waals surface area contributed by atoms with Crippen molar-refractivity contribution < 1.29 is 13.2 Å². The van der Waals surface area contributed by atoms with Crippen LogP contribution in [0.2, 0.25) is 0 Å². The maximum atomic E-state index is 12.8.